The zero-order valence-electron chi connectivity index (χ0n) is 14.2. The maximum atomic E-state index is 12.2. The average molecular weight is 394 g/mol. The Hall–Kier alpha value is -2.05. The van der Waals surface area contributed by atoms with Crippen molar-refractivity contribution in [3.63, 3.8) is 0 Å². The first kappa shape index (κ1) is 18.7. The SMILES string of the molecule is O=C(NCCCS(=O)(=O)Cc1ccccc1)C1Cc2cc(Cl)ccc2O1. The highest BCUT2D eigenvalue weighted by Gasteiger charge is 2.29. The van der Waals surface area contributed by atoms with Crippen molar-refractivity contribution < 1.29 is 17.9 Å². The molecule has 1 heterocycles. The molecular formula is C19H20ClNO4S. The normalized spacial score (nSPS) is 16.0. The highest BCUT2D eigenvalue weighted by Crippen LogP contribution is 2.31. The summed E-state index contributed by atoms with van der Waals surface area (Å²) in [7, 11) is -3.20. The monoisotopic (exact) mass is 393 g/mol. The molecule has 1 atom stereocenters. The van der Waals surface area contributed by atoms with Crippen LogP contribution in [0.15, 0.2) is 48.5 Å². The maximum absolute atomic E-state index is 12.2. The number of fused-ring (bicyclic) bond motifs is 1. The Morgan fingerprint density at radius 3 is 2.73 bits per heavy atom. The molecule has 0 spiro atoms. The fraction of sp³-hybridized carbons (Fsp3) is 0.316. The summed E-state index contributed by atoms with van der Waals surface area (Å²) < 4.78 is 29.9. The Balaban J connectivity index is 1.42. The first-order chi connectivity index (χ1) is 12.4. The topological polar surface area (TPSA) is 72.5 Å². The number of halogens is 1. The summed E-state index contributed by atoms with van der Waals surface area (Å²) in [6, 6.07) is 14.3. The van der Waals surface area contributed by atoms with Crippen LogP contribution in [-0.4, -0.2) is 32.7 Å². The van der Waals surface area contributed by atoms with E-state index in [9.17, 15) is 13.2 Å². The van der Waals surface area contributed by atoms with Gasteiger partial charge in [-0.25, -0.2) is 8.42 Å². The van der Waals surface area contributed by atoms with E-state index in [1.54, 1.807) is 30.3 Å². The highest BCUT2D eigenvalue weighted by atomic mass is 35.5. The van der Waals surface area contributed by atoms with Crippen molar-refractivity contribution in [2.75, 3.05) is 12.3 Å². The van der Waals surface area contributed by atoms with E-state index in [2.05, 4.69) is 5.32 Å². The quantitative estimate of drug-likeness (QED) is 0.734. The summed E-state index contributed by atoms with van der Waals surface area (Å²) in [5.41, 5.74) is 1.68. The molecule has 0 fully saturated rings. The Labute approximate surface area is 158 Å². The van der Waals surface area contributed by atoms with Crippen molar-refractivity contribution in [1.82, 2.24) is 5.32 Å². The van der Waals surface area contributed by atoms with E-state index in [0.29, 0.717) is 30.2 Å². The zero-order valence-corrected chi connectivity index (χ0v) is 15.7. The van der Waals surface area contributed by atoms with Crippen LogP contribution in [0, 0.1) is 0 Å². The lowest BCUT2D eigenvalue weighted by Gasteiger charge is -2.11. The summed E-state index contributed by atoms with van der Waals surface area (Å²) in [4.78, 5) is 12.2. The van der Waals surface area contributed by atoms with Crippen molar-refractivity contribution in [1.29, 1.82) is 0 Å². The van der Waals surface area contributed by atoms with Crippen molar-refractivity contribution in [3.8, 4) is 5.75 Å². The summed E-state index contributed by atoms with van der Waals surface area (Å²) in [5.74, 6) is 0.477. The second-order valence-electron chi connectivity index (χ2n) is 6.28. The third-order valence-electron chi connectivity index (χ3n) is 4.15. The smallest absolute Gasteiger partial charge is 0.261 e. The van der Waals surface area contributed by atoms with Crippen molar-refractivity contribution >= 4 is 27.3 Å². The van der Waals surface area contributed by atoms with Crippen LogP contribution in [0.2, 0.25) is 5.02 Å². The molecule has 1 amide bonds. The molecule has 1 N–H and O–H groups in total. The van der Waals surface area contributed by atoms with Crippen LogP contribution < -0.4 is 10.1 Å². The predicted molar refractivity (Wildman–Crippen MR) is 101 cm³/mol. The van der Waals surface area contributed by atoms with E-state index in [-0.39, 0.29) is 17.4 Å². The van der Waals surface area contributed by atoms with Crippen LogP contribution in [0.1, 0.15) is 17.5 Å². The van der Waals surface area contributed by atoms with Crippen molar-refractivity contribution in [2.24, 2.45) is 0 Å². The van der Waals surface area contributed by atoms with Gasteiger partial charge in [0.25, 0.3) is 5.91 Å². The molecule has 138 valence electrons. The molecule has 0 saturated carbocycles. The summed E-state index contributed by atoms with van der Waals surface area (Å²) in [6.45, 7) is 0.295. The van der Waals surface area contributed by atoms with E-state index < -0.39 is 15.9 Å². The number of benzene rings is 2. The van der Waals surface area contributed by atoms with Crippen LogP contribution >= 0.6 is 11.6 Å². The fourth-order valence-corrected chi connectivity index (χ4v) is 4.50. The summed E-state index contributed by atoms with van der Waals surface area (Å²) in [6.07, 6.45) is 0.241. The van der Waals surface area contributed by atoms with E-state index in [0.717, 1.165) is 11.1 Å². The van der Waals surface area contributed by atoms with Crippen LogP contribution in [0.25, 0.3) is 0 Å². The number of carbonyl (C=O) groups excluding carboxylic acids is 1. The minimum absolute atomic E-state index is 0.0175. The molecule has 1 unspecified atom stereocenters. The van der Waals surface area contributed by atoms with Crippen LogP contribution in [0.4, 0.5) is 0 Å². The van der Waals surface area contributed by atoms with Gasteiger partial charge in [-0.2, -0.15) is 0 Å². The van der Waals surface area contributed by atoms with Gasteiger partial charge in [0.1, 0.15) is 5.75 Å². The van der Waals surface area contributed by atoms with E-state index in [1.807, 2.05) is 18.2 Å². The Kier molecular flexibility index (Phi) is 5.84. The van der Waals surface area contributed by atoms with E-state index in [1.165, 1.54) is 0 Å². The lowest BCUT2D eigenvalue weighted by atomic mass is 10.1. The highest BCUT2D eigenvalue weighted by molar-refractivity contribution is 7.90. The summed E-state index contributed by atoms with van der Waals surface area (Å²) in [5, 5.41) is 3.36. The van der Waals surface area contributed by atoms with Gasteiger partial charge in [-0.3, -0.25) is 4.79 Å². The number of nitrogens with one attached hydrogen (secondary N) is 1. The molecule has 0 radical (unpaired) electrons. The Bertz CT molecular complexity index is 884. The molecule has 5 nitrogen and oxygen atoms in total. The zero-order chi connectivity index (χ0) is 18.6. The van der Waals surface area contributed by atoms with Gasteiger partial charge in [0.15, 0.2) is 15.9 Å². The van der Waals surface area contributed by atoms with Gasteiger partial charge in [-0.15, -0.1) is 0 Å². The number of rotatable bonds is 7. The van der Waals surface area contributed by atoms with Gasteiger partial charge >= 0.3 is 0 Å². The number of hydrogen-bond acceptors (Lipinski definition) is 4. The van der Waals surface area contributed by atoms with Gasteiger partial charge < -0.3 is 10.1 Å². The standard InChI is InChI=1S/C19H20ClNO4S/c20-16-7-8-17-15(11-16)12-18(25-17)19(22)21-9-4-10-26(23,24)13-14-5-2-1-3-6-14/h1-3,5-8,11,18H,4,9-10,12-13H2,(H,21,22). The molecule has 26 heavy (non-hydrogen) atoms. The fourth-order valence-electron chi connectivity index (χ4n) is 2.88. The van der Waals surface area contributed by atoms with Gasteiger partial charge in [0, 0.05) is 18.0 Å². The molecule has 0 aliphatic carbocycles. The Morgan fingerprint density at radius 2 is 1.96 bits per heavy atom. The van der Waals surface area contributed by atoms with Gasteiger partial charge in [-0.05, 0) is 35.7 Å². The second kappa shape index (κ2) is 8.10. The van der Waals surface area contributed by atoms with Crippen LogP contribution in [0.3, 0.4) is 0 Å². The minimum atomic E-state index is -3.20. The minimum Gasteiger partial charge on any atom is -0.480 e. The molecule has 3 rings (SSSR count). The molecule has 2 aromatic rings. The third kappa shape index (κ3) is 4.99. The van der Waals surface area contributed by atoms with E-state index >= 15 is 0 Å². The molecule has 0 saturated heterocycles. The third-order valence-corrected chi connectivity index (χ3v) is 6.07. The first-order valence-corrected chi connectivity index (χ1v) is 10.6. The van der Waals surface area contributed by atoms with Crippen molar-refractivity contribution in [2.45, 2.75) is 24.7 Å². The van der Waals surface area contributed by atoms with Crippen molar-refractivity contribution in [3.05, 3.63) is 64.7 Å². The van der Waals surface area contributed by atoms with E-state index in [4.69, 9.17) is 16.3 Å². The predicted octanol–water partition coefficient (Wildman–Crippen LogP) is 2.76. The second-order valence-corrected chi connectivity index (χ2v) is 8.91. The van der Waals surface area contributed by atoms with Gasteiger partial charge in [-0.1, -0.05) is 41.9 Å². The lowest BCUT2D eigenvalue weighted by molar-refractivity contribution is -0.127. The number of amides is 1. The van der Waals surface area contributed by atoms with Gasteiger partial charge in [0.05, 0.1) is 11.5 Å². The molecule has 0 bridgehead atoms. The first-order valence-electron chi connectivity index (χ1n) is 8.40. The average Bonchev–Trinajstić information content (AvgIpc) is 3.02. The molecule has 1 aliphatic rings. The molecule has 2 aromatic carbocycles. The number of sulfone groups is 1. The maximum Gasteiger partial charge on any atom is 0.261 e. The largest absolute Gasteiger partial charge is 0.480 e. The van der Waals surface area contributed by atoms with Gasteiger partial charge in [0.2, 0.25) is 0 Å². The lowest BCUT2D eigenvalue weighted by Crippen LogP contribution is -2.38. The van der Waals surface area contributed by atoms with Crippen LogP contribution in [-0.2, 0) is 26.8 Å². The molecule has 0 aromatic heterocycles. The molecular weight excluding hydrogens is 374 g/mol. The van der Waals surface area contributed by atoms with Crippen LogP contribution in [0.5, 0.6) is 5.75 Å². The number of hydrogen-bond donors (Lipinski definition) is 1. The molecule has 7 heteroatoms. The number of carbonyl (C=O) groups is 1. The Morgan fingerprint density at radius 1 is 1.19 bits per heavy atom. The molecule has 1 aliphatic heterocycles. The summed E-state index contributed by atoms with van der Waals surface area (Å²) >= 11 is 5.94. The number of ether oxygens (including phenoxy) is 1.